The van der Waals surface area contributed by atoms with E-state index in [1.54, 1.807) is 17.9 Å². The highest BCUT2D eigenvalue weighted by Gasteiger charge is 2.17. The molecule has 0 atom stereocenters. The molecule has 1 amide bonds. The van der Waals surface area contributed by atoms with Gasteiger partial charge in [-0.25, -0.2) is 4.39 Å². The molecule has 0 heterocycles. The Labute approximate surface area is 113 Å². The Morgan fingerprint density at radius 1 is 1.42 bits per heavy atom. The van der Waals surface area contributed by atoms with Crippen LogP contribution in [-0.2, 0) is 0 Å². The van der Waals surface area contributed by atoms with Crippen LogP contribution in [0.2, 0.25) is 0 Å². The fourth-order valence-electron chi connectivity index (χ4n) is 1.94. The van der Waals surface area contributed by atoms with Gasteiger partial charge in [-0.3, -0.25) is 4.79 Å². The van der Waals surface area contributed by atoms with Crippen molar-refractivity contribution in [1.29, 1.82) is 5.26 Å². The Bertz CT molecular complexity index is 471. The maximum absolute atomic E-state index is 13.3. The lowest BCUT2D eigenvalue weighted by atomic mass is 10.1. The molecule has 1 aromatic rings. The summed E-state index contributed by atoms with van der Waals surface area (Å²) in [5, 5.41) is 8.64. The molecule has 0 aliphatic carbocycles. The van der Waals surface area contributed by atoms with Crippen molar-refractivity contribution in [2.75, 3.05) is 13.1 Å². The predicted molar refractivity (Wildman–Crippen MR) is 72.1 cm³/mol. The topological polar surface area (TPSA) is 44.1 Å². The van der Waals surface area contributed by atoms with E-state index in [1.807, 2.05) is 19.9 Å². The Balaban J connectivity index is 2.94. The first-order valence-corrected chi connectivity index (χ1v) is 6.37. The molecule has 4 heteroatoms. The van der Waals surface area contributed by atoms with Gasteiger partial charge in [-0.2, -0.15) is 5.26 Å². The predicted octanol–water partition coefficient (Wildman–Crippen LogP) is 3.15. The van der Waals surface area contributed by atoms with Gasteiger partial charge in [0.1, 0.15) is 5.82 Å². The molecule has 0 bridgehead atoms. The number of hydrogen-bond donors (Lipinski definition) is 0. The van der Waals surface area contributed by atoms with Gasteiger partial charge in [0.15, 0.2) is 0 Å². The number of halogens is 1. The van der Waals surface area contributed by atoms with E-state index in [9.17, 15) is 9.18 Å². The molecular formula is C15H19FN2O. The standard InChI is InChI=1S/C15H19FN2O/c1-11(2)10-18(6-4-5-17)15(19)13-7-12(3)8-14(16)9-13/h7-9,11H,4,6,10H2,1-3H3. The highest BCUT2D eigenvalue weighted by molar-refractivity contribution is 5.94. The average Bonchev–Trinajstić information content (AvgIpc) is 2.32. The van der Waals surface area contributed by atoms with Crippen LogP contribution in [-0.4, -0.2) is 23.9 Å². The number of hydrogen-bond acceptors (Lipinski definition) is 2. The number of carbonyl (C=O) groups is 1. The van der Waals surface area contributed by atoms with Crippen molar-refractivity contribution in [3.05, 3.63) is 35.1 Å². The van der Waals surface area contributed by atoms with Crippen LogP contribution in [0.5, 0.6) is 0 Å². The van der Waals surface area contributed by atoms with E-state index in [-0.39, 0.29) is 12.3 Å². The van der Waals surface area contributed by atoms with E-state index in [1.165, 1.54) is 12.1 Å². The Morgan fingerprint density at radius 2 is 2.11 bits per heavy atom. The summed E-state index contributed by atoms with van der Waals surface area (Å²) in [7, 11) is 0. The van der Waals surface area contributed by atoms with Gasteiger partial charge in [0.2, 0.25) is 0 Å². The fourth-order valence-corrected chi connectivity index (χ4v) is 1.94. The highest BCUT2D eigenvalue weighted by atomic mass is 19.1. The van der Waals surface area contributed by atoms with Crippen LogP contribution < -0.4 is 0 Å². The van der Waals surface area contributed by atoms with Gasteiger partial charge < -0.3 is 4.90 Å². The number of carbonyl (C=O) groups excluding carboxylic acids is 1. The molecule has 0 saturated carbocycles. The zero-order chi connectivity index (χ0) is 14.4. The van der Waals surface area contributed by atoms with E-state index in [4.69, 9.17) is 5.26 Å². The van der Waals surface area contributed by atoms with Gasteiger partial charge >= 0.3 is 0 Å². The van der Waals surface area contributed by atoms with E-state index in [0.717, 1.165) is 0 Å². The minimum Gasteiger partial charge on any atom is -0.337 e. The Kier molecular flexibility index (Phi) is 5.50. The first-order valence-electron chi connectivity index (χ1n) is 6.37. The van der Waals surface area contributed by atoms with Crippen molar-refractivity contribution in [1.82, 2.24) is 4.90 Å². The molecule has 0 unspecified atom stereocenters. The quantitative estimate of drug-likeness (QED) is 0.818. The van der Waals surface area contributed by atoms with Crippen molar-refractivity contribution in [3.8, 4) is 6.07 Å². The number of amides is 1. The molecule has 0 spiro atoms. The second kappa shape index (κ2) is 6.89. The van der Waals surface area contributed by atoms with Gasteiger partial charge in [0, 0.05) is 18.7 Å². The SMILES string of the molecule is Cc1cc(F)cc(C(=O)N(CCC#N)CC(C)C)c1. The summed E-state index contributed by atoms with van der Waals surface area (Å²) in [6, 6.07) is 6.34. The van der Waals surface area contributed by atoms with Crippen LogP contribution in [0.25, 0.3) is 0 Å². The minimum absolute atomic E-state index is 0.216. The molecule has 0 fully saturated rings. The summed E-state index contributed by atoms with van der Waals surface area (Å²) in [5.74, 6) is -0.322. The normalized spacial score (nSPS) is 10.3. The lowest BCUT2D eigenvalue weighted by molar-refractivity contribution is 0.0739. The van der Waals surface area contributed by atoms with Gasteiger partial charge in [-0.15, -0.1) is 0 Å². The summed E-state index contributed by atoms with van der Waals surface area (Å²) in [4.78, 5) is 14.0. The second-order valence-electron chi connectivity index (χ2n) is 5.07. The zero-order valence-corrected chi connectivity index (χ0v) is 11.6. The Morgan fingerprint density at radius 3 is 2.63 bits per heavy atom. The van der Waals surface area contributed by atoms with Crippen LogP contribution in [0.4, 0.5) is 4.39 Å². The fraction of sp³-hybridized carbons (Fsp3) is 0.467. The second-order valence-corrected chi connectivity index (χ2v) is 5.07. The van der Waals surface area contributed by atoms with Gasteiger partial charge in [0.25, 0.3) is 5.91 Å². The van der Waals surface area contributed by atoms with Gasteiger partial charge in [-0.1, -0.05) is 13.8 Å². The highest BCUT2D eigenvalue weighted by Crippen LogP contribution is 2.12. The van der Waals surface area contributed by atoms with Crippen LogP contribution in [0.1, 0.15) is 36.2 Å². The van der Waals surface area contributed by atoms with Crippen molar-refractivity contribution in [2.24, 2.45) is 5.92 Å². The molecule has 0 radical (unpaired) electrons. The van der Waals surface area contributed by atoms with Crippen LogP contribution in [0.15, 0.2) is 18.2 Å². The molecule has 1 aromatic carbocycles. The van der Waals surface area contributed by atoms with E-state index >= 15 is 0 Å². The lowest BCUT2D eigenvalue weighted by Gasteiger charge is -2.23. The number of nitrogens with zero attached hydrogens (tertiary/aromatic N) is 2. The minimum atomic E-state index is -0.409. The molecule has 0 aromatic heterocycles. The van der Waals surface area contributed by atoms with Crippen LogP contribution >= 0.6 is 0 Å². The maximum atomic E-state index is 13.3. The first kappa shape index (κ1) is 15.2. The molecule has 102 valence electrons. The van der Waals surface area contributed by atoms with Gasteiger partial charge in [0.05, 0.1) is 12.5 Å². The third kappa shape index (κ3) is 4.70. The molecular weight excluding hydrogens is 243 g/mol. The smallest absolute Gasteiger partial charge is 0.254 e. The molecule has 0 aliphatic heterocycles. The van der Waals surface area contributed by atoms with E-state index in [2.05, 4.69) is 0 Å². The maximum Gasteiger partial charge on any atom is 0.254 e. The molecule has 0 aliphatic rings. The third-order valence-corrected chi connectivity index (χ3v) is 2.66. The van der Waals surface area contributed by atoms with Crippen molar-refractivity contribution in [2.45, 2.75) is 27.2 Å². The molecule has 19 heavy (non-hydrogen) atoms. The summed E-state index contributed by atoms with van der Waals surface area (Å²) >= 11 is 0. The number of benzene rings is 1. The molecule has 0 saturated heterocycles. The van der Waals surface area contributed by atoms with Gasteiger partial charge in [-0.05, 0) is 36.6 Å². The third-order valence-electron chi connectivity index (χ3n) is 2.66. The zero-order valence-electron chi connectivity index (χ0n) is 11.6. The largest absolute Gasteiger partial charge is 0.337 e. The van der Waals surface area contributed by atoms with Crippen LogP contribution in [0.3, 0.4) is 0 Å². The lowest BCUT2D eigenvalue weighted by Crippen LogP contribution is -2.35. The summed E-state index contributed by atoms with van der Waals surface area (Å²) in [5.41, 5.74) is 1.06. The molecule has 1 rings (SSSR count). The summed E-state index contributed by atoms with van der Waals surface area (Å²) < 4.78 is 13.3. The Hall–Kier alpha value is -1.89. The van der Waals surface area contributed by atoms with Crippen molar-refractivity contribution < 1.29 is 9.18 Å². The van der Waals surface area contributed by atoms with Crippen molar-refractivity contribution in [3.63, 3.8) is 0 Å². The van der Waals surface area contributed by atoms with Crippen molar-refractivity contribution >= 4 is 5.91 Å². The summed E-state index contributed by atoms with van der Waals surface area (Å²) in [6.45, 7) is 6.70. The van der Waals surface area contributed by atoms with E-state index < -0.39 is 5.82 Å². The monoisotopic (exact) mass is 262 g/mol. The molecule has 3 nitrogen and oxygen atoms in total. The average molecular weight is 262 g/mol. The number of rotatable bonds is 5. The van der Waals surface area contributed by atoms with Crippen LogP contribution in [0, 0.1) is 30.0 Å². The number of nitriles is 1. The first-order chi connectivity index (χ1) is 8.93. The summed E-state index contributed by atoms with van der Waals surface area (Å²) in [6.07, 6.45) is 0.284. The molecule has 0 N–H and O–H groups in total. The number of aryl methyl sites for hydroxylation is 1. The van der Waals surface area contributed by atoms with E-state index in [0.29, 0.717) is 30.1 Å².